The van der Waals surface area contributed by atoms with Crippen LogP contribution in [0.5, 0.6) is 11.5 Å². The van der Waals surface area contributed by atoms with Crippen LogP contribution in [0, 0.1) is 0 Å². The van der Waals surface area contributed by atoms with Crippen LogP contribution < -0.4 is 20.1 Å². The molecule has 7 heteroatoms. The summed E-state index contributed by atoms with van der Waals surface area (Å²) in [5.41, 5.74) is 2.66. The molecule has 30 heavy (non-hydrogen) atoms. The van der Waals surface area contributed by atoms with Gasteiger partial charge in [-0.25, -0.2) is 0 Å². The number of carbonyl (C=O) groups excluding carboxylic acids is 2. The van der Waals surface area contributed by atoms with Gasteiger partial charge in [-0.3, -0.25) is 14.5 Å². The maximum Gasteiger partial charge on any atom is 0.251 e. The minimum atomic E-state index is -0.354. The van der Waals surface area contributed by atoms with Crippen LogP contribution in [0.4, 0.5) is 0 Å². The van der Waals surface area contributed by atoms with Crippen LogP contribution >= 0.6 is 0 Å². The number of hydrogen-bond donors (Lipinski definition) is 2. The zero-order valence-corrected chi connectivity index (χ0v) is 18.2. The molecule has 0 spiro atoms. The highest BCUT2D eigenvalue weighted by molar-refractivity contribution is 5.97. The number of nitrogens with one attached hydrogen (secondary N) is 2. The van der Waals surface area contributed by atoms with Crippen molar-refractivity contribution in [2.45, 2.75) is 26.9 Å². The summed E-state index contributed by atoms with van der Waals surface area (Å²) in [6.45, 7) is 7.37. The number of rotatable bonds is 11. The molecule has 162 valence electrons. The second-order valence-corrected chi connectivity index (χ2v) is 6.76. The van der Waals surface area contributed by atoms with Crippen LogP contribution in [0.15, 0.2) is 42.5 Å². The Morgan fingerprint density at radius 2 is 1.57 bits per heavy atom. The topological polar surface area (TPSA) is 79.9 Å². The van der Waals surface area contributed by atoms with Crippen molar-refractivity contribution in [2.24, 2.45) is 0 Å². The van der Waals surface area contributed by atoms with Gasteiger partial charge in [0.15, 0.2) is 11.5 Å². The summed E-state index contributed by atoms with van der Waals surface area (Å²) in [6, 6.07) is 12.9. The molecule has 2 amide bonds. The van der Waals surface area contributed by atoms with Gasteiger partial charge in [0.1, 0.15) is 0 Å². The fraction of sp³-hybridized carbons (Fsp3) is 0.391. The average molecular weight is 414 g/mol. The van der Waals surface area contributed by atoms with Gasteiger partial charge in [-0.05, 0) is 42.4 Å². The van der Waals surface area contributed by atoms with Crippen LogP contribution in [0.25, 0.3) is 0 Å². The SMILES string of the molecule is CCN(CC)Cc1ccccc1CNC(=O)CNC(=O)c1ccc(OC)c(OC)c1. The molecule has 0 aliphatic heterocycles. The molecule has 0 saturated carbocycles. The van der Waals surface area contributed by atoms with Crippen LogP contribution in [-0.2, 0) is 17.9 Å². The molecule has 0 unspecified atom stereocenters. The molecule has 0 aliphatic rings. The minimum absolute atomic E-state index is 0.106. The van der Waals surface area contributed by atoms with Crippen molar-refractivity contribution < 1.29 is 19.1 Å². The van der Waals surface area contributed by atoms with E-state index in [4.69, 9.17) is 9.47 Å². The van der Waals surface area contributed by atoms with E-state index in [0.717, 1.165) is 25.2 Å². The van der Waals surface area contributed by atoms with E-state index >= 15 is 0 Å². The van der Waals surface area contributed by atoms with Crippen molar-refractivity contribution in [3.63, 3.8) is 0 Å². The fourth-order valence-electron chi connectivity index (χ4n) is 3.07. The Balaban J connectivity index is 1.89. The number of benzene rings is 2. The molecule has 0 aromatic heterocycles. The van der Waals surface area contributed by atoms with Gasteiger partial charge in [-0.2, -0.15) is 0 Å². The lowest BCUT2D eigenvalue weighted by Crippen LogP contribution is -2.36. The van der Waals surface area contributed by atoms with Gasteiger partial charge >= 0.3 is 0 Å². The van der Waals surface area contributed by atoms with Crippen LogP contribution in [0.2, 0.25) is 0 Å². The minimum Gasteiger partial charge on any atom is -0.493 e. The third-order valence-corrected chi connectivity index (χ3v) is 4.94. The van der Waals surface area contributed by atoms with E-state index in [1.54, 1.807) is 18.2 Å². The van der Waals surface area contributed by atoms with E-state index in [1.165, 1.54) is 19.8 Å². The van der Waals surface area contributed by atoms with Crippen molar-refractivity contribution in [3.8, 4) is 11.5 Å². The Kier molecular flexibility index (Phi) is 9.15. The van der Waals surface area contributed by atoms with Gasteiger partial charge in [0.25, 0.3) is 5.91 Å². The maximum atomic E-state index is 12.3. The molecule has 0 radical (unpaired) electrons. The van der Waals surface area contributed by atoms with E-state index in [1.807, 2.05) is 18.2 Å². The van der Waals surface area contributed by atoms with Gasteiger partial charge in [0.05, 0.1) is 20.8 Å². The zero-order valence-electron chi connectivity index (χ0n) is 18.2. The number of amides is 2. The second kappa shape index (κ2) is 11.8. The fourth-order valence-corrected chi connectivity index (χ4v) is 3.07. The lowest BCUT2D eigenvalue weighted by atomic mass is 10.1. The molecule has 0 aliphatic carbocycles. The normalized spacial score (nSPS) is 10.6. The lowest BCUT2D eigenvalue weighted by Gasteiger charge is -2.20. The summed E-state index contributed by atoms with van der Waals surface area (Å²) in [7, 11) is 3.03. The van der Waals surface area contributed by atoms with E-state index in [2.05, 4.69) is 35.4 Å². The first-order valence-electron chi connectivity index (χ1n) is 10.1. The molecular formula is C23H31N3O4. The Morgan fingerprint density at radius 3 is 2.20 bits per heavy atom. The first kappa shape index (κ1) is 23.2. The van der Waals surface area contributed by atoms with E-state index < -0.39 is 0 Å². The Bertz CT molecular complexity index is 850. The quantitative estimate of drug-likeness (QED) is 0.592. The molecule has 7 nitrogen and oxygen atoms in total. The highest BCUT2D eigenvalue weighted by Crippen LogP contribution is 2.27. The molecule has 0 heterocycles. The maximum absolute atomic E-state index is 12.3. The predicted octanol–water partition coefficient (Wildman–Crippen LogP) is 2.59. The lowest BCUT2D eigenvalue weighted by molar-refractivity contribution is -0.120. The molecular weight excluding hydrogens is 382 g/mol. The number of hydrogen-bond acceptors (Lipinski definition) is 5. The third kappa shape index (κ3) is 6.49. The van der Waals surface area contributed by atoms with Gasteiger partial charge in [-0.1, -0.05) is 38.1 Å². The zero-order chi connectivity index (χ0) is 21.9. The Morgan fingerprint density at radius 1 is 0.900 bits per heavy atom. The third-order valence-electron chi connectivity index (χ3n) is 4.94. The van der Waals surface area contributed by atoms with Gasteiger partial charge < -0.3 is 20.1 Å². The average Bonchev–Trinajstić information content (AvgIpc) is 2.79. The molecule has 2 N–H and O–H groups in total. The highest BCUT2D eigenvalue weighted by Gasteiger charge is 2.12. The summed E-state index contributed by atoms with van der Waals surface area (Å²) in [5.74, 6) is 0.393. The van der Waals surface area contributed by atoms with Crippen LogP contribution in [0.3, 0.4) is 0 Å². The summed E-state index contributed by atoms with van der Waals surface area (Å²) in [6.07, 6.45) is 0. The van der Waals surface area contributed by atoms with Crippen LogP contribution in [0.1, 0.15) is 35.3 Å². The van der Waals surface area contributed by atoms with Crippen molar-refractivity contribution in [2.75, 3.05) is 33.9 Å². The summed E-state index contributed by atoms with van der Waals surface area (Å²) in [5, 5.41) is 5.51. The van der Waals surface area contributed by atoms with Crippen molar-refractivity contribution in [1.29, 1.82) is 0 Å². The van der Waals surface area contributed by atoms with Gasteiger partial charge in [0.2, 0.25) is 5.91 Å². The van der Waals surface area contributed by atoms with Crippen molar-refractivity contribution in [3.05, 3.63) is 59.2 Å². The first-order valence-corrected chi connectivity index (χ1v) is 10.1. The van der Waals surface area contributed by atoms with E-state index in [0.29, 0.717) is 23.6 Å². The molecule has 0 fully saturated rings. The summed E-state index contributed by atoms with van der Waals surface area (Å²) in [4.78, 5) is 26.9. The standard InChI is InChI=1S/C23H31N3O4/c1-5-26(6-2)16-19-10-8-7-9-18(19)14-24-22(27)15-25-23(28)17-11-12-20(29-3)21(13-17)30-4/h7-13H,5-6,14-16H2,1-4H3,(H,24,27)(H,25,28). The monoisotopic (exact) mass is 413 g/mol. The largest absolute Gasteiger partial charge is 0.493 e. The Hall–Kier alpha value is -3.06. The Labute approximate surface area is 178 Å². The number of nitrogens with zero attached hydrogens (tertiary/aromatic N) is 1. The summed E-state index contributed by atoms with van der Waals surface area (Å²) < 4.78 is 10.4. The molecule has 2 rings (SSSR count). The van der Waals surface area contributed by atoms with E-state index in [9.17, 15) is 9.59 Å². The molecule has 0 atom stereocenters. The second-order valence-electron chi connectivity index (χ2n) is 6.76. The van der Waals surface area contributed by atoms with Crippen molar-refractivity contribution >= 4 is 11.8 Å². The highest BCUT2D eigenvalue weighted by atomic mass is 16.5. The van der Waals surface area contributed by atoms with Gasteiger partial charge in [-0.15, -0.1) is 0 Å². The van der Waals surface area contributed by atoms with Crippen molar-refractivity contribution in [1.82, 2.24) is 15.5 Å². The van der Waals surface area contributed by atoms with E-state index in [-0.39, 0.29) is 18.4 Å². The number of methoxy groups -OCH3 is 2. The first-order chi connectivity index (χ1) is 14.5. The number of carbonyl (C=O) groups is 2. The molecule has 0 saturated heterocycles. The molecule has 2 aromatic carbocycles. The van der Waals surface area contributed by atoms with Gasteiger partial charge in [0, 0.05) is 18.7 Å². The number of ether oxygens (including phenoxy) is 2. The molecule has 2 aromatic rings. The predicted molar refractivity (Wildman–Crippen MR) is 117 cm³/mol. The molecule has 0 bridgehead atoms. The van der Waals surface area contributed by atoms with Crippen LogP contribution in [-0.4, -0.2) is 50.6 Å². The smallest absolute Gasteiger partial charge is 0.251 e. The summed E-state index contributed by atoms with van der Waals surface area (Å²) >= 11 is 0.